The van der Waals surface area contributed by atoms with E-state index in [1.54, 1.807) is 27.7 Å². The van der Waals surface area contributed by atoms with Gasteiger partial charge in [0.05, 0.1) is 12.2 Å². The molecule has 0 bridgehead atoms. The summed E-state index contributed by atoms with van der Waals surface area (Å²) in [5, 5.41) is 18.4. The molecule has 2 N–H and O–H groups in total. The van der Waals surface area contributed by atoms with Crippen molar-refractivity contribution in [1.82, 2.24) is 0 Å². The number of rotatable bonds is 6. The van der Waals surface area contributed by atoms with E-state index in [4.69, 9.17) is 9.47 Å². The van der Waals surface area contributed by atoms with E-state index in [2.05, 4.69) is 0 Å². The Bertz CT molecular complexity index is 477. The number of carbonyl (C=O) groups is 2. The molecule has 1 aromatic carbocycles. The van der Waals surface area contributed by atoms with Crippen LogP contribution in [0.5, 0.6) is 11.5 Å². The maximum atomic E-state index is 11.2. The molecule has 0 radical (unpaired) electrons. The van der Waals surface area contributed by atoms with E-state index in [1.807, 2.05) is 0 Å². The monoisotopic (exact) mass is 330 g/mol. The first-order valence-electron chi connectivity index (χ1n) is 6.21. The maximum absolute atomic E-state index is 11.2. The number of hydrogen-bond donors (Lipinski definition) is 2. The molecule has 0 amide bonds. The molecular weight excluding hydrogens is 312 g/mol. The summed E-state index contributed by atoms with van der Waals surface area (Å²) in [6.45, 7) is 6.88. The summed E-state index contributed by atoms with van der Waals surface area (Å²) >= 11 is 0. The Kier molecular flexibility index (Phi) is 7.46. The van der Waals surface area contributed by atoms with E-state index >= 15 is 0 Å². The molecule has 21 heavy (non-hydrogen) atoms. The molecule has 0 aromatic heterocycles. The third kappa shape index (κ3) is 5.06. The quantitative estimate of drug-likeness (QED) is 0.779. The fourth-order valence-electron chi connectivity index (χ4n) is 1.60. The summed E-state index contributed by atoms with van der Waals surface area (Å²) in [7, 11) is 0. The predicted octanol–water partition coefficient (Wildman–Crippen LogP) is 2.65. The molecule has 0 aliphatic carbocycles. The summed E-state index contributed by atoms with van der Waals surface area (Å²) < 4.78 is 10.9. The average Bonchev–Trinajstić information content (AvgIpc) is 2.28. The molecule has 0 fully saturated rings. The molecule has 1 rings (SSSR count). The van der Waals surface area contributed by atoms with Crippen LogP contribution in [0.2, 0.25) is 0 Å². The fraction of sp³-hybridized carbons (Fsp3) is 0.429. The van der Waals surface area contributed by atoms with E-state index < -0.39 is 11.9 Å². The zero-order valence-corrected chi connectivity index (χ0v) is 13.9. The van der Waals surface area contributed by atoms with Gasteiger partial charge in [0.1, 0.15) is 11.1 Å². The maximum Gasteiger partial charge on any atom is 0.339 e. The smallest absolute Gasteiger partial charge is 0.339 e. The van der Waals surface area contributed by atoms with Crippen LogP contribution in [0.4, 0.5) is 0 Å². The number of carboxylic acid groups (broad SMARTS) is 2. The van der Waals surface area contributed by atoms with Crippen molar-refractivity contribution in [3.8, 4) is 11.5 Å². The number of aromatic carboxylic acids is 2. The van der Waals surface area contributed by atoms with Gasteiger partial charge in [-0.3, -0.25) is 0 Å². The molecular formula is C14H18O6Ti. The third-order valence-corrected chi connectivity index (χ3v) is 2.28. The Hall–Kier alpha value is -1.53. The van der Waals surface area contributed by atoms with Gasteiger partial charge in [0.25, 0.3) is 0 Å². The summed E-state index contributed by atoms with van der Waals surface area (Å²) in [4.78, 5) is 22.5. The molecule has 114 valence electrons. The van der Waals surface area contributed by atoms with E-state index in [0.29, 0.717) is 0 Å². The van der Waals surface area contributed by atoms with Crippen molar-refractivity contribution in [1.29, 1.82) is 0 Å². The van der Waals surface area contributed by atoms with Crippen LogP contribution >= 0.6 is 0 Å². The fourth-order valence-corrected chi connectivity index (χ4v) is 1.60. The minimum Gasteiger partial charge on any atom is -0.486 e. The second-order valence-corrected chi connectivity index (χ2v) is 4.76. The van der Waals surface area contributed by atoms with Crippen LogP contribution in [0.15, 0.2) is 12.1 Å². The number of carboxylic acids is 2. The van der Waals surface area contributed by atoms with Crippen LogP contribution in [0.1, 0.15) is 48.4 Å². The summed E-state index contributed by atoms with van der Waals surface area (Å²) in [6, 6.07) is 2.41. The SMILES string of the molecule is CC(C)Oc1c(C(=O)O)ccc(C(=O)O)c1OC(C)C.[Ti]. The molecule has 0 spiro atoms. The van der Waals surface area contributed by atoms with Gasteiger partial charge in [-0.1, -0.05) is 0 Å². The van der Waals surface area contributed by atoms with Gasteiger partial charge in [-0.2, -0.15) is 0 Å². The van der Waals surface area contributed by atoms with Crippen LogP contribution in [0.3, 0.4) is 0 Å². The van der Waals surface area contributed by atoms with Gasteiger partial charge in [-0.05, 0) is 39.8 Å². The first-order chi connectivity index (χ1) is 9.23. The van der Waals surface area contributed by atoms with Crippen molar-refractivity contribution in [2.75, 3.05) is 0 Å². The minimum atomic E-state index is -1.20. The summed E-state index contributed by atoms with van der Waals surface area (Å²) in [6.07, 6.45) is -0.627. The van der Waals surface area contributed by atoms with Crippen molar-refractivity contribution >= 4 is 11.9 Å². The number of benzene rings is 1. The topological polar surface area (TPSA) is 93.1 Å². The van der Waals surface area contributed by atoms with Crippen molar-refractivity contribution in [2.24, 2.45) is 0 Å². The minimum absolute atomic E-state index is 0. The summed E-state index contributed by atoms with van der Waals surface area (Å²) in [5.41, 5.74) is -0.251. The van der Waals surface area contributed by atoms with Gasteiger partial charge in [0.2, 0.25) is 0 Å². The molecule has 0 unspecified atom stereocenters. The van der Waals surface area contributed by atoms with Crippen molar-refractivity contribution in [3.63, 3.8) is 0 Å². The van der Waals surface area contributed by atoms with Crippen LogP contribution in [0, 0.1) is 0 Å². The van der Waals surface area contributed by atoms with Crippen LogP contribution < -0.4 is 9.47 Å². The first kappa shape index (κ1) is 19.5. The zero-order chi connectivity index (χ0) is 15.4. The molecule has 1 aromatic rings. The molecule has 0 saturated heterocycles. The second-order valence-electron chi connectivity index (χ2n) is 4.76. The standard InChI is InChI=1S/C14H18O6.Ti/c1-7(2)19-11-9(13(15)16)5-6-10(14(17)18)12(11)20-8(3)4;/h5-8H,1-4H3,(H,15,16)(H,17,18);. The van der Waals surface area contributed by atoms with Crippen molar-refractivity contribution in [3.05, 3.63) is 23.3 Å². The van der Waals surface area contributed by atoms with Crippen molar-refractivity contribution in [2.45, 2.75) is 39.9 Å². The third-order valence-electron chi connectivity index (χ3n) is 2.28. The Morgan fingerprint density at radius 3 is 1.33 bits per heavy atom. The molecule has 0 atom stereocenters. The van der Waals surface area contributed by atoms with E-state index in [0.717, 1.165) is 0 Å². The summed E-state index contributed by atoms with van der Waals surface area (Å²) in [5.74, 6) is -2.51. The zero-order valence-electron chi connectivity index (χ0n) is 12.3. The number of hydrogen-bond acceptors (Lipinski definition) is 4. The molecule has 0 aliphatic heterocycles. The second kappa shape index (κ2) is 8.05. The Balaban J connectivity index is 0.00000400. The molecule has 6 nitrogen and oxygen atoms in total. The van der Waals surface area contributed by atoms with Crippen LogP contribution in [-0.2, 0) is 21.7 Å². The van der Waals surface area contributed by atoms with Crippen molar-refractivity contribution < 1.29 is 51.0 Å². The van der Waals surface area contributed by atoms with E-state index in [9.17, 15) is 19.8 Å². The normalized spacial score (nSPS) is 10.2. The van der Waals surface area contributed by atoms with Crippen LogP contribution in [-0.4, -0.2) is 34.4 Å². The van der Waals surface area contributed by atoms with Gasteiger partial charge in [-0.15, -0.1) is 0 Å². The van der Waals surface area contributed by atoms with Gasteiger partial charge >= 0.3 is 11.9 Å². The van der Waals surface area contributed by atoms with Gasteiger partial charge < -0.3 is 19.7 Å². The predicted molar refractivity (Wildman–Crippen MR) is 71.9 cm³/mol. The average molecular weight is 330 g/mol. The Morgan fingerprint density at radius 2 is 1.14 bits per heavy atom. The van der Waals surface area contributed by atoms with E-state index in [1.165, 1.54) is 12.1 Å². The van der Waals surface area contributed by atoms with Crippen LogP contribution in [0.25, 0.3) is 0 Å². The largest absolute Gasteiger partial charge is 0.486 e. The molecule has 0 aliphatic rings. The molecule has 0 heterocycles. The number of ether oxygens (including phenoxy) is 2. The van der Waals surface area contributed by atoms with Gasteiger partial charge in [0, 0.05) is 21.7 Å². The Morgan fingerprint density at radius 1 is 0.857 bits per heavy atom. The molecule has 0 saturated carbocycles. The van der Waals surface area contributed by atoms with Gasteiger partial charge in [-0.25, -0.2) is 9.59 Å². The van der Waals surface area contributed by atoms with E-state index in [-0.39, 0.29) is 56.6 Å². The molecule has 7 heteroatoms. The van der Waals surface area contributed by atoms with Gasteiger partial charge in [0.15, 0.2) is 11.5 Å². The Labute approximate surface area is 137 Å². The first-order valence-corrected chi connectivity index (χ1v) is 6.21.